The van der Waals surface area contributed by atoms with Crippen molar-refractivity contribution in [1.82, 2.24) is 4.98 Å². The molecule has 0 saturated carbocycles. The van der Waals surface area contributed by atoms with Crippen LogP contribution in [-0.2, 0) is 4.79 Å². The first-order valence-corrected chi connectivity index (χ1v) is 5.92. The molecule has 5 nitrogen and oxygen atoms in total. The summed E-state index contributed by atoms with van der Waals surface area (Å²) in [6.45, 7) is 7.84. The van der Waals surface area contributed by atoms with Gasteiger partial charge in [-0.15, -0.1) is 0 Å². The highest BCUT2D eigenvalue weighted by Gasteiger charge is 2.18. The van der Waals surface area contributed by atoms with Crippen LogP contribution in [0.1, 0.15) is 49.7 Å². The van der Waals surface area contributed by atoms with Gasteiger partial charge in [-0.3, -0.25) is 4.79 Å². The highest BCUT2D eigenvalue weighted by Crippen LogP contribution is 2.22. The number of carbonyl (C=O) groups is 2. The maximum atomic E-state index is 11.7. The molecule has 100 valence electrons. The lowest BCUT2D eigenvalue weighted by Gasteiger charge is -2.17. The van der Waals surface area contributed by atoms with E-state index < -0.39 is 5.97 Å². The van der Waals surface area contributed by atoms with Crippen LogP contribution in [0.2, 0.25) is 0 Å². The molecule has 0 bridgehead atoms. The topological polar surface area (TPSA) is 82.2 Å². The number of aromatic nitrogens is 1. The first-order chi connectivity index (χ1) is 8.20. The molecule has 0 saturated heterocycles. The molecule has 0 fully saturated rings. The number of anilines is 1. The van der Waals surface area contributed by atoms with Gasteiger partial charge < -0.3 is 15.4 Å². The predicted octanol–water partition coefficient (Wildman–Crippen LogP) is 2.79. The molecular formula is C13H20N2O3. The number of hydrogen-bond donors (Lipinski definition) is 3. The molecular weight excluding hydrogens is 232 g/mol. The van der Waals surface area contributed by atoms with Crippen LogP contribution in [0.3, 0.4) is 0 Å². The zero-order valence-corrected chi connectivity index (χ0v) is 11.3. The molecule has 18 heavy (non-hydrogen) atoms. The highest BCUT2D eigenvalue weighted by atomic mass is 16.4. The van der Waals surface area contributed by atoms with Crippen molar-refractivity contribution in [2.24, 2.45) is 5.41 Å². The Balaban J connectivity index is 2.68. The van der Waals surface area contributed by atoms with Crippen molar-refractivity contribution in [3.63, 3.8) is 0 Å². The van der Waals surface area contributed by atoms with E-state index >= 15 is 0 Å². The Labute approximate surface area is 107 Å². The fourth-order valence-electron chi connectivity index (χ4n) is 1.60. The number of aromatic carboxylic acids is 1. The molecule has 1 heterocycles. The molecule has 0 radical (unpaired) electrons. The number of carboxylic acids is 1. The summed E-state index contributed by atoms with van der Waals surface area (Å²) in [5.41, 5.74) is 1.08. The SMILES string of the molecule is Cc1[nH]cc(NC(=O)CCC(C)(C)C)c1C(=O)O. The second-order valence-corrected chi connectivity index (χ2v) is 5.62. The molecule has 0 aliphatic carbocycles. The van der Waals surface area contributed by atoms with E-state index in [9.17, 15) is 9.59 Å². The summed E-state index contributed by atoms with van der Waals surface area (Å²) in [6.07, 6.45) is 2.64. The fourth-order valence-corrected chi connectivity index (χ4v) is 1.60. The zero-order valence-electron chi connectivity index (χ0n) is 11.3. The van der Waals surface area contributed by atoms with Crippen molar-refractivity contribution in [1.29, 1.82) is 0 Å². The van der Waals surface area contributed by atoms with E-state index in [-0.39, 0.29) is 16.9 Å². The van der Waals surface area contributed by atoms with Gasteiger partial charge in [-0.25, -0.2) is 4.79 Å². The fraction of sp³-hybridized carbons (Fsp3) is 0.538. The van der Waals surface area contributed by atoms with Gasteiger partial charge in [-0.2, -0.15) is 0 Å². The molecule has 1 rings (SSSR count). The molecule has 0 atom stereocenters. The van der Waals surface area contributed by atoms with Crippen LogP contribution < -0.4 is 5.32 Å². The largest absolute Gasteiger partial charge is 0.478 e. The van der Waals surface area contributed by atoms with Gasteiger partial charge in [0.1, 0.15) is 5.56 Å². The highest BCUT2D eigenvalue weighted by molar-refractivity contribution is 6.01. The zero-order chi connectivity index (χ0) is 13.9. The van der Waals surface area contributed by atoms with Gasteiger partial charge in [0.25, 0.3) is 0 Å². The van der Waals surface area contributed by atoms with Gasteiger partial charge in [-0.05, 0) is 18.8 Å². The summed E-state index contributed by atoms with van der Waals surface area (Å²) < 4.78 is 0. The van der Waals surface area contributed by atoms with Crippen LogP contribution in [0, 0.1) is 12.3 Å². The van der Waals surface area contributed by atoms with Crippen LogP contribution in [-0.4, -0.2) is 22.0 Å². The molecule has 1 aromatic rings. The van der Waals surface area contributed by atoms with E-state index in [2.05, 4.69) is 31.1 Å². The summed E-state index contributed by atoms with van der Waals surface area (Å²) in [4.78, 5) is 25.6. The molecule has 0 aliphatic heterocycles. The summed E-state index contributed by atoms with van der Waals surface area (Å²) in [5, 5.41) is 11.7. The standard InChI is InChI=1S/C13H20N2O3/c1-8-11(12(17)18)9(7-14-8)15-10(16)5-6-13(2,3)4/h7,14H,5-6H2,1-4H3,(H,15,16)(H,17,18). The van der Waals surface area contributed by atoms with Crippen molar-refractivity contribution >= 4 is 17.6 Å². The number of aryl methyl sites for hydroxylation is 1. The Kier molecular flexibility index (Phi) is 4.16. The van der Waals surface area contributed by atoms with Gasteiger partial charge in [0.2, 0.25) is 5.91 Å². The predicted molar refractivity (Wildman–Crippen MR) is 69.8 cm³/mol. The Morgan fingerprint density at radius 3 is 2.50 bits per heavy atom. The lowest BCUT2D eigenvalue weighted by atomic mass is 9.90. The smallest absolute Gasteiger partial charge is 0.339 e. The van der Waals surface area contributed by atoms with Crippen LogP contribution in [0.25, 0.3) is 0 Å². The van der Waals surface area contributed by atoms with Crippen LogP contribution in [0.4, 0.5) is 5.69 Å². The third-order valence-electron chi connectivity index (χ3n) is 2.67. The minimum Gasteiger partial charge on any atom is -0.478 e. The minimum absolute atomic E-state index is 0.0844. The third kappa shape index (κ3) is 3.91. The molecule has 1 aromatic heterocycles. The Morgan fingerprint density at radius 2 is 2.00 bits per heavy atom. The van der Waals surface area contributed by atoms with Crippen LogP contribution in [0.5, 0.6) is 0 Å². The third-order valence-corrected chi connectivity index (χ3v) is 2.67. The van der Waals surface area contributed by atoms with E-state index in [4.69, 9.17) is 5.11 Å². The van der Waals surface area contributed by atoms with E-state index in [1.807, 2.05) is 0 Å². The normalized spacial score (nSPS) is 11.3. The van der Waals surface area contributed by atoms with Crippen molar-refractivity contribution in [3.05, 3.63) is 17.5 Å². The van der Waals surface area contributed by atoms with Crippen LogP contribution >= 0.6 is 0 Å². The van der Waals surface area contributed by atoms with Gasteiger partial charge in [0.15, 0.2) is 0 Å². The lowest BCUT2D eigenvalue weighted by molar-refractivity contribution is -0.116. The second-order valence-electron chi connectivity index (χ2n) is 5.62. The van der Waals surface area contributed by atoms with Crippen molar-refractivity contribution in [3.8, 4) is 0 Å². The van der Waals surface area contributed by atoms with Gasteiger partial charge in [-0.1, -0.05) is 20.8 Å². The number of aromatic amines is 1. The number of H-pyrrole nitrogens is 1. The van der Waals surface area contributed by atoms with Gasteiger partial charge in [0.05, 0.1) is 5.69 Å². The molecule has 0 aliphatic rings. The first kappa shape index (κ1) is 14.3. The summed E-state index contributed by atoms with van der Waals surface area (Å²) in [6, 6.07) is 0. The lowest BCUT2D eigenvalue weighted by Crippen LogP contribution is -2.16. The minimum atomic E-state index is -1.04. The molecule has 1 amide bonds. The monoisotopic (exact) mass is 252 g/mol. The van der Waals surface area contributed by atoms with Crippen molar-refractivity contribution in [2.45, 2.75) is 40.5 Å². The Hall–Kier alpha value is -1.78. The van der Waals surface area contributed by atoms with Gasteiger partial charge >= 0.3 is 5.97 Å². The van der Waals surface area contributed by atoms with E-state index in [1.54, 1.807) is 6.92 Å². The molecule has 0 aromatic carbocycles. The number of carbonyl (C=O) groups excluding carboxylic acids is 1. The molecule has 5 heteroatoms. The number of carboxylic acid groups (broad SMARTS) is 1. The summed E-state index contributed by atoms with van der Waals surface area (Å²) in [7, 11) is 0. The number of nitrogens with one attached hydrogen (secondary N) is 2. The summed E-state index contributed by atoms with van der Waals surface area (Å²) in [5.74, 6) is -1.20. The van der Waals surface area contributed by atoms with Crippen LogP contribution in [0.15, 0.2) is 6.20 Å². The van der Waals surface area contributed by atoms with Crippen molar-refractivity contribution < 1.29 is 14.7 Å². The molecule has 0 unspecified atom stereocenters. The maximum absolute atomic E-state index is 11.7. The average Bonchev–Trinajstić information content (AvgIpc) is 2.55. The number of rotatable bonds is 4. The quantitative estimate of drug-likeness (QED) is 0.770. The molecule has 3 N–H and O–H groups in total. The van der Waals surface area contributed by atoms with E-state index in [0.29, 0.717) is 17.8 Å². The first-order valence-electron chi connectivity index (χ1n) is 5.92. The van der Waals surface area contributed by atoms with Gasteiger partial charge in [0, 0.05) is 18.3 Å². The Morgan fingerprint density at radius 1 is 1.39 bits per heavy atom. The average molecular weight is 252 g/mol. The Bertz CT molecular complexity index is 455. The summed E-state index contributed by atoms with van der Waals surface area (Å²) >= 11 is 0. The van der Waals surface area contributed by atoms with E-state index in [1.165, 1.54) is 6.20 Å². The number of hydrogen-bond acceptors (Lipinski definition) is 2. The van der Waals surface area contributed by atoms with E-state index in [0.717, 1.165) is 6.42 Å². The van der Waals surface area contributed by atoms with Crippen molar-refractivity contribution in [2.75, 3.05) is 5.32 Å². The second kappa shape index (κ2) is 5.25. The molecule has 0 spiro atoms. The maximum Gasteiger partial charge on any atom is 0.339 e. The number of amides is 1.